The fourth-order valence-corrected chi connectivity index (χ4v) is 2.91. The summed E-state index contributed by atoms with van der Waals surface area (Å²) in [5.74, 6) is -0.607. The average Bonchev–Trinajstić information content (AvgIpc) is 3.13. The summed E-state index contributed by atoms with van der Waals surface area (Å²) in [6.45, 7) is 3.19. The Balaban J connectivity index is 1.94. The van der Waals surface area contributed by atoms with Crippen molar-refractivity contribution in [1.29, 1.82) is 0 Å². The average molecular weight is 453 g/mol. The van der Waals surface area contributed by atoms with E-state index in [0.29, 0.717) is 27.6 Å². The third kappa shape index (κ3) is 5.26. The number of amides is 1. The Kier molecular flexibility index (Phi) is 6.71. The highest BCUT2D eigenvalue weighted by atomic mass is 35.5. The SMILES string of the molecule is CC(CF)Nc1cc(-c2cnn3cc(Cl)cnc23)ncc1C(=O)NCC(F)C(C)(C)O. The number of hydrogen-bond acceptors (Lipinski definition) is 6. The van der Waals surface area contributed by atoms with Crippen molar-refractivity contribution in [2.24, 2.45) is 0 Å². The van der Waals surface area contributed by atoms with Crippen molar-refractivity contribution in [2.45, 2.75) is 38.6 Å². The summed E-state index contributed by atoms with van der Waals surface area (Å²) >= 11 is 5.94. The highest BCUT2D eigenvalue weighted by Gasteiger charge is 2.27. The number of hydrogen-bond donors (Lipinski definition) is 3. The molecule has 3 aromatic heterocycles. The molecule has 8 nitrogen and oxygen atoms in total. The van der Waals surface area contributed by atoms with E-state index in [0.717, 1.165) is 0 Å². The normalized spacial score (nSPS) is 13.8. The lowest BCUT2D eigenvalue weighted by Gasteiger charge is -2.23. The molecule has 2 atom stereocenters. The Bertz CT molecular complexity index is 1090. The van der Waals surface area contributed by atoms with Crippen molar-refractivity contribution in [3.05, 3.63) is 41.4 Å². The summed E-state index contributed by atoms with van der Waals surface area (Å²) < 4.78 is 28.6. The first kappa shape index (κ1) is 22.8. The lowest BCUT2D eigenvalue weighted by Crippen LogP contribution is -2.42. The molecule has 11 heteroatoms. The molecular formula is C20H23ClF2N6O2. The van der Waals surface area contributed by atoms with Crippen LogP contribution in [0.1, 0.15) is 31.1 Å². The van der Waals surface area contributed by atoms with Gasteiger partial charge in [-0.3, -0.25) is 9.78 Å². The summed E-state index contributed by atoms with van der Waals surface area (Å²) in [4.78, 5) is 21.2. The molecule has 1 amide bonds. The van der Waals surface area contributed by atoms with Crippen LogP contribution in [0.15, 0.2) is 30.9 Å². The smallest absolute Gasteiger partial charge is 0.255 e. The molecule has 0 aromatic carbocycles. The number of fused-ring (bicyclic) bond motifs is 1. The number of nitrogens with one attached hydrogen (secondary N) is 2. The maximum absolute atomic E-state index is 14.0. The quantitative estimate of drug-likeness (QED) is 0.485. The van der Waals surface area contributed by atoms with Crippen LogP contribution in [0.3, 0.4) is 0 Å². The summed E-state index contributed by atoms with van der Waals surface area (Å²) in [5, 5.41) is 19.7. The lowest BCUT2D eigenvalue weighted by atomic mass is 10.0. The summed E-state index contributed by atoms with van der Waals surface area (Å²) in [5.41, 5.74) is 0.377. The van der Waals surface area contributed by atoms with Crippen molar-refractivity contribution in [3.63, 3.8) is 0 Å². The van der Waals surface area contributed by atoms with Crippen LogP contribution in [-0.2, 0) is 0 Å². The third-order valence-corrected chi connectivity index (χ3v) is 4.79. The zero-order valence-electron chi connectivity index (χ0n) is 17.2. The van der Waals surface area contributed by atoms with Gasteiger partial charge in [-0.15, -0.1) is 0 Å². The van der Waals surface area contributed by atoms with Crippen LogP contribution in [-0.4, -0.2) is 61.6 Å². The monoisotopic (exact) mass is 452 g/mol. The number of anilines is 1. The van der Waals surface area contributed by atoms with Crippen molar-refractivity contribution < 1.29 is 18.7 Å². The van der Waals surface area contributed by atoms with Crippen molar-refractivity contribution in [2.75, 3.05) is 18.5 Å². The molecule has 0 radical (unpaired) electrons. The molecule has 2 unspecified atom stereocenters. The second-order valence-electron chi connectivity index (χ2n) is 7.74. The van der Waals surface area contributed by atoms with Gasteiger partial charge in [-0.1, -0.05) is 11.6 Å². The van der Waals surface area contributed by atoms with Crippen molar-refractivity contribution >= 4 is 28.8 Å². The number of aliphatic hydroxyl groups is 1. The van der Waals surface area contributed by atoms with Crippen LogP contribution in [0.25, 0.3) is 16.9 Å². The van der Waals surface area contributed by atoms with Gasteiger partial charge in [-0.25, -0.2) is 18.3 Å². The molecule has 0 aliphatic carbocycles. The fraction of sp³-hybridized carbons (Fsp3) is 0.400. The third-order valence-electron chi connectivity index (χ3n) is 4.59. The maximum Gasteiger partial charge on any atom is 0.255 e. The molecule has 0 aliphatic heterocycles. The molecule has 31 heavy (non-hydrogen) atoms. The molecule has 0 saturated carbocycles. The van der Waals surface area contributed by atoms with Gasteiger partial charge < -0.3 is 15.7 Å². The minimum Gasteiger partial charge on any atom is -0.387 e. The van der Waals surface area contributed by atoms with Gasteiger partial charge in [0.2, 0.25) is 0 Å². The highest BCUT2D eigenvalue weighted by molar-refractivity contribution is 6.30. The molecule has 3 heterocycles. The van der Waals surface area contributed by atoms with Crippen LogP contribution in [0.4, 0.5) is 14.5 Å². The molecule has 3 N–H and O–H groups in total. The summed E-state index contributed by atoms with van der Waals surface area (Å²) in [6, 6.07) is 1.00. The highest BCUT2D eigenvalue weighted by Crippen LogP contribution is 2.27. The van der Waals surface area contributed by atoms with E-state index in [9.17, 15) is 18.7 Å². The summed E-state index contributed by atoms with van der Waals surface area (Å²) in [6.07, 6.45) is 4.27. The fourth-order valence-electron chi connectivity index (χ4n) is 2.77. The number of halogens is 3. The van der Waals surface area contributed by atoms with Gasteiger partial charge in [0.1, 0.15) is 12.8 Å². The molecule has 0 bridgehead atoms. The number of rotatable bonds is 8. The van der Waals surface area contributed by atoms with Crippen molar-refractivity contribution in [1.82, 2.24) is 24.9 Å². The van der Waals surface area contributed by atoms with Crippen LogP contribution in [0, 0.1) is 0 Å². The van der Waals surface area contributed by atoms with E-state index in [2.05, 4.69) is 25.7 Å². The number of pyridine rings is 1. The van der Waals surface area contributed by atoms with Gasteiger partial charge >= 0.3 is 0 Å². The van der Waals surface area contributed by atoms with E-state index >= 15 is 0 Å². The Morgan fingerprint density at radius 2 is 2.06 bits per heavy atom. The standard InChI is InChI=1S/C20H23ClF2N6O2/c1-11(5-22)28-16-4-15(13-8-27-29-10-12(21)6-25-18(13)29)24-7-14(16)19(30)26-9-17(23)20(2,3)31/h4,6-8,10-11,17,31H,5,9H2,1-3H3,(H,24,28)(H,26,30). The Morgan fingerprint density at radius 1 is 1.32 bits per heavy atom. The number of carbonyl (C=O) groups is 1. The van der Waals surface area contributed by atoms with E-state index in [1.165, 1.54) is 30.8 Å². The van der Waals surface area contributed by atoms with E-state index in [1.54, 1.807) is 25.4 Å². The van der Waals surface area contributed by atoms with Crippen molar-refractivity contribution in [3.8, 4) is 11.3 Å². The molecule has 166 valence electrons. The number of aromatic nitrogens is 4. The first-order valence-corrected chi connectivity index (χ1v) is 9.94. The van der Waals surface area contributed by atoms with Gasteiger partial charge in [0.05, 0.1) is 58.1 Å². The van der Waals surface area contributed by atoms with Crippen LogP contribution >= 0.6 is 11.6 Å². The maximum atomic E-state index is 14.0. The van der Waals surface area contributed by atoms with Crippen LogP contribution in [0.2, 0.25) is 5.02 Å². The van der Waals surface area contributed by atoms with E-state index < -0.39 is 30.4 Å². The molecule has 0 saturated heterocycles. The second-order valence-corrected chi connectivity index (χ2v) is 8.18. The largest absolute Gasteiger partial charge is 0.387 e. The predicted molar refractivity (Wildman–Crippen MR) is 114 cm³/mol. The topological polar surface area (TPSA) is 104 Å². The Morgan fingerprint density at radius 3 is 2.74 bits per heavy atom. The first-order valence-electron chi connectivity index (χ1n) is 9.56. The minimum atomic E-state index is -1.67. The zero-order chi connectivity index (χ0) is 22.8. The zero-order valence-corrected chi connectivity index (χ0v) is 18.0. The Hall–Kier alpha value is -2.85. The molecule has 3 aromatic rings. The van der Waals surface area contributed by atoms with E-state index in [4.69, 9.17) is 11.6 Å². The molecule has 0 spiro atoms. The first-order chi connectivity index (χ1) is 14.6. The van der Waals surface area contributed by atoms with Gasteiger partial charge in [0.15, 0.2) is 5.65 Å². The van der Waals surface area contributed by atoms with Gasteiger partial charge in [-0.2, -0.15) is 5.10 Å². The second kappa shape index (κ2) is 9.11. The van der Waals surface area contributed by atoms with Gasteiger partial charge in [0.25, 0.3) is 5.91 Å². The van der Waals surface area contributed by atoms with Gasteiger partial charge in [-0.05, 0) is 26.8 Å². The Labute approximate surface area is 182 Å². The number of carbonyl (C=O) groups excluding carboxylic acids is 1. The molecule has 0 aliphatic rings. The molecular weight excluding hydrogens is 430 g/mol. The number of alkyl halides is 2. The minimum absolute atomic E-state index is 0.111. The summed E-state index contributed by atoms with van der Waals surface area (Å²) in [7, 11) is 0. The van der Waals surface area contributed by atoms with Gasteiger partial charge in [0, 0.05) is 12.4 Å². The number of nitrogens with zero attached hydrogens (tertiary/aromatic N) is 4. The molecule has 0 fully saturated rings. The molecule has 3 rings (SSSR count). The van der Waals surface area contributed by atoms with Crippen LogP contribution in [0.5, 0.6) is 0 Å². The van der Waals surface area contributed by atoms with E-state index in [-0.39, 0.29) is 12.1 Å². The van der Waals surface area contributed by atoms with E-state index in [1.807, 2.05) is 0 Å². The predicted octanol–water partition coefficient (Wildman–Crippen LogP) is 3.05. The lowest BCUT2D eigenvalue weighted by molar-refractivity contribution is -0.00177. The van der Waals surface area contributed by atoms with Crippen LogP contribution < -0.4 is 10.6 Å².